The number of anilines is 1. The fourth-order valence-corrected chi connectivity index (χ4v) is 3.15. The molecule has 0 unspecified atom stereocenters. The number of halogens is 5. The Morgan fingerprint density at radius 2 is 1.85 bits per heavy atom. The highest BCUT2D eigenvalue weighted by atomic mass is 19.4. The number of aromatic nitrogens is 4. The van der Waals surface area contributed by atoms with Crippen LogP contribution in [0.5, 0.6) is 0 Å². The lowest BCUT2D eigenvalue weighted by molar-refractivity contribution is -0.145. The van der Waals surface area contributed by atoms with Gasteiger partial charge < -0.3 is 10.1 Å². The number of carbonyl (C=O) groups excluding carboxylic acids is 1. The molecular formula is C22H14F5N5O2. The van der Waals surface area contributed by atoms with E-state index in [2.05, 4.69) is 26.8 Å². The molecule has 0 aliphatic heterocycles. The Hall–Kier alpha value is -4.35. The average Bonchev–Trinajstić information content (AvgIpc) is 3.20. The number of nitrogens with one attached hydrogen (secondary N) is 1. The molecular weight excluding hydrogens is 461 g/mol. The third-order valence-electron chi connectivity index (χ3n) is 4.76. The Morgan fingerprint density at radius 3 is 2.50 bits per heavy atom. The molecule has 0 radical (unpaired) electrons. The van der Waals surface area contributed by atoms with Crippen molar-refractivity contribution in [2.45, 2.75) is 6.18 Å². The Morgan fingerprint density at radius 1 is 1.09 bits per heavy atom. The Balaban J connectivity index is 1.71. The van der Waals surface area contributed by atoms with E-state index in [0.29, 0.717) is 11.6 Å². The molecule has 1 N–H and O–H groups in total. The number of hydrogen-bond donors (Lipinski definition) is 1. The van der Waals surface area contributed by atoms with E-state index in [1.807, 2.05) is 0 Å². The molecule has 34 heavy (non-hydrogen) atoms. The van der Waals surface area contributed by atoms with Crippen molar-refractivity contribution < 1.29 is 31.5 Å². The monoisotopic (exact) mass is 475 g/mol. The zero-order valence-electron chi connectivity index (χ0n) is 17.3. The number of methoxy groups -OCH3 is 1. The van der Waals surface area contributed by atoms with Crippen molar-refractivity contribution in [3.05, 3.63) is 84.0 Å². The van der Waals surface area contributed by atoms with Crippen LogP contribution in [0.15, 0.2) is 55.4 Å². The minimum atomic E-state index is -4.82. The summed E-state index contributed by atoms with van der Waals surface area (Å²) in [7, 11) is 1.38. The third-order valence-corrected chi connectivity index (χ3v) is 4.76. The van der Waals surface area contributed by atoms with Crippen LogP contribution in [0, 0.1) is 11.6 Å². The van der Waals surface area contributed by atoms with Crippen molar-refractivity contribution in [3.8, 4) is 5.82 Å². The van der Waals surface area contributed by atoms with Gasteiger partial charge in [-0.3, -0.25) is 9.36 Å². The number of amides is 1. The molecule has 0 aliphatic rings. The predicted octanol–water partition coefficient (Wildman–Crippen LogP) is 4.98. The van der Waals surface area contributed by atoms with Gasteiger partial charge in [-0.25, -0.2) is 23.7 Å². The number of imidazole rings is 1. The van der Waals surface area contributed by atoms with E-state index >= 15 is 0 Å². The minimum absolute atomic E-state index is 0.0174. The van der Waals surface area contributed by atoms with E-state index in [9.17, 15) is 26.7 Å². The lowest BCUT2D eigenvalue weighted by atomic mass is 10.2. The van der Waals surface area contributed by atoms with Crippen molar-refractivity contribution in [1.29, 1.82) is 0 Å². The molecule has 1 amide bonds. The van der Waals surface area contributed by atoms with Crippen LogP contribution in [0.2, 0.25) is 0 Å². The van der Waals surface area contributed by atoms with Crippen LogP contribution in [-0.4, -0.2) is 32.5 Å². The summed E-state index contributed by atoms with van der Waals surface area (Å²) in [5.41, 5.74) is -0.0157. The first kappa shape index (κ1) is 22.8. The molecule has 12 heteroatoms. The standard InChI is InChI=1S/C22H14F5N5O2/c1-11(34-2)12-3-6-17-16(7-12)30-21(22(25,26)27)32(17)19-10-28-18(9-29-19)31-20(33)14-8-13(23)4-5-15(14)24/h3-10H,1H2,2H3,(H,28,31,33). The molecule has 0 atom stereocenters. The third kappa shape index (κ3) is 4.29. The summed E-state index contributed by atoms with van der Waals surface area (Å²) in [5.74, 6) is -4.20. The summed E-state index contributed by atoms with van der Waals surface area (Å²) < 4.78 is 74.0. The van der Waals surface area contributed by atoms with Gasteiger partial charge >= 0.3 is 6.18 Å². The van der Waals surface area contributed by atoms with Crippen LogP contribution in [0.3, 0.4) is 0 Å². The zero-order chi connectivity index (χ0) is 24.6. The molecule has 2 heterocycles. The van der Waals surface area contributed by atoms with Crippen molar-refractivity contribution in [2.24, 2.45) is 0 Å². The second-order valence-corrected chi connectivity index (χ2v) is 6.94. The molecule has 174 valence electrons. The van der Waals surface area contributed by atoms with Crippen molar-refractivity contribution >= 4 is 28.5 Å². The van der Waals surface area contributed by atoms with Gasteiger partial charge in [0.2, 0.25) is 5.82 Å². The van der Waals surface area contributed by atoms with Gasteiger partial charge in [0.05, 0.1) is 36.1 Å². The number of hydrogen-bond acceptors (Lipinski definition) is 5. The fraction of sp³-hybridized carbons (Fsp3) is 0.0909. The van der Waals surface area contributed by atoms with E-state index < -0.39 is 35.1 Å². The molecule has 0 saturated carbocycles. The van der Waals surface area contributed by atoms with Gasteiger partial charge in [-0.05, 0) is 36.4 Å². The topological polar surface area (TPSA) is 81.9 Å². The van der Waals surface area contributed by atoms with E-state index in [4.69, 9.17) is 4.74 Å². The number of rotatable bonds is 5. The maximum atomic E-state index is 13.8. The van der Waals surface area contributed by atoms with Crippen molar-refractivity contribution in [1.82, 2.24) is 19.5 Å². The number of alkyl halides is 3. The van der Waals surface area contributed by atoms with Gasteiger partial charge in [-0.2, -0.15) is 13.2 Å². The Bertz CT molecular complexity index is 1410. The molecule has 0 saturated heterocycles. The van der Waals surface area contributed by atoms with Crippen LogP contribution in [-0.2, 0) is 10.9 Å². The number of benzene rings is 2. The van der Waals surface area contributed by atoms with Gasteiger partial charge in [0.1, 0.15) is 17.4 Å². The van der Waals surface area contributed by atoms with Crippen LogP contribution in [0.1, 0.15) is 21.7 Å². The first-order valence-electron chi connectivity index (χ1n) is 9.50. The Kier molecular flexibility index (Phi) is 5.73. The van der Waals surface area contributed by atoms with Gasteiger partial charge in [0.25, 0.3) is 5.91 Å². The van der Waals surface area contributed by atoms with E-state index in [0.717, 1.165) is 29.1 Å². The van der Waals surface area contributed by atoms with Gasteiger partial charge in [0, 0.05) is 5.56 Å². The fourth-order valence-electron chi connectivity index (χ4n) is 3.15. The summed E-state index contributed by atoms with van der Waals surface area (Å²) in [6.45, 7) is 3.67. The van der Waals surface area contributed by atoms with Gasteiger partial charge in [0.15, 0.2) is 11.6 Å². The first-order valence-corrected chi connectivity index (χ1v) is 9.50. The van der Waals surface area contributed by atoms with Gasteiger partial charge in [-0.1, -0.05) is 6.58 Å². The number of fused-ring (bicyclic) bond motifs is 1. The molecule has 0 spiro atoms. The summed E-state index contributed by atoms with van der Waals surface area (Å²) in [4.78, 5) is 23.7. The number of carbonyl (C=O) groups is 1. The maximum absolute atomic E-state index is 13.8. The highest BCUT2D eigenvalue weighted by Gasteiger charge is 2.38. The lowest BCUT2D eigenvalue weighted by Crippen LogP contribution is -2.17. The number of nitrogens with zero attached hydrogens (tertiary/aromatic N) is 4. The van der Waals surface area contributed by atoms with Gasteiger partial charge in [-0.15, -0.1) is 0 Å². The Labute approximate surface area is 188 Å². The maximum Gasteiger partial charge on any atom is 0.450 e. The van der Waals surface area contributed by atoms with Crippen LogP contribution in [0.25, 0.3) is 22.6 Å². The van der Waals surface area contributed by atoms with E-state index in [-0.39, 0.29) is 28.4 Å². The summed E-state index contributed by atoms with van der Waals surface area (Å²) in [5, 5.41) is 2.22. The minimum Gasteiger partial charge on any atom is -0.497 e. The predicted molar refractivity (Wildman–Crippen MR) is 112 cm³/mol. The summed E-state index contributed by atoms with van der Waals surface area (Å²) in [6, 6.07) is 6.65. The molecule has 0 aliphatic carbocycles. The van der Waals surface area contributed by atoms with Crippen molar-refractivity contribution in [2.75, 3.05) is 12.4 Å². The zero-order valence-corrected chi connectivity index (χ0v) is 17.3. The highest BCUT2D eigenvalue weighted by molar-refractivity contribution is 6.03. The first-order chi connectivity index (χ1) is 16.1. The van der Waals surface area contributed by atoms with E-state index in [1.165, 1.54) is 25.3 Å². The second-order valence-electron chi connectivity index (χ2n) is 6.94. The lowest BCUT2D eigenvalue weighted by Gasteiger charge is -2.11. The average molecular weight is 475 g/mol. The smallest absolute Gasteiger partial charge is 0.450 e. The molecule has 0 bridgehead atoms. The quantitative estimate of drug-likeness (QED) is 0.325. The van der Waals surface area contributed by atoms with Crippen molar-refractivity contribution in [3.63, 3.8) is 0 Å². The highest BCUT2D eigenvalue weighted by Crippen LogP contribution is 2.34. The molecule has 7 nitrogen and oxygen atoms in total. The normalized spacial score (nSPS) is 11.5. The van der Waals surface area contributed by atoms with Crippen LogP contribution >= 0.6 is 0 Å². The number of ether oxygens (including phenoxy) is 1. The summed E-state index contributed by atoms with van der Waals surface area (Å²) >= 11 is 0. The molecule has 2 aromatic carbocycles. The molecule has 0 fully saturated rings. The summed E-state index contributed by atoms with van der Waals surface area (Å²) in [6.07, 6.45) is -2.85. The molecule has 2 aromatic heterocycles. The largest absolute Gasteiger partial charge is 0.497 e. The second kappa shape index (κ2) is 8.54. The van der Waals surface area contributed by atoms with Crippen LogP contribution in [0.4, 0.5) is 27.8 Å². The van der Waals surface area contributed by atoms with E-state index in [1.54, 1.807) is 0 Å². The molecule has 4 aromatic rings. The molecule has 4 rings (SSSR count). The van der Waals surface area contributed by atoms with Crippen LogP contribution < -0.4 is 5.32 Å². The SMILES string of the molecule is C=C(OC)c1ccc2c(c1)nc(C(F)(F)F)n2-c1cnc(NC(=O)c2cc(F)ccc2F)cn1.